The van der Waals surface area contributed by atoms with Crippen molar-refractivity contribution < 1.29 is 24.6 Å². The van der Waals surface area contributed by atoms with E-state index in [0.29, 0.717) is 5.56 Å². The van der Waals surface area contributed by atoms with E-state index in [1.165, 1.54) is 4.90 Å². The van der Waals surface area contributed by atoms with Crippen molar-refractivity contribution in [2.75, 3.05) is 13.6 Å². The summed E-state index contributed by atoms with van der Waals surface area (Å²) < 4.78 is 0. The van der Waals surface area contributed by atoms with E-state index in [9.17, 15) is 14.4 Å². The zero-order valence-corrected chi connectivity index (χ0v) is 11.2. The molecule has 0 saturated heterocycles. The minimum Gasteiger partial charge on any atom is -0.481 e. The normalized spacial score (nSPS) is 12.1. The predicted octanol–water partition coefficient (Wildman–Crippen LogP) is 1.12. The van der Waals surface area contributed by atoms with Crippen molar-refractivity contribution in [1.82, 2.24) is 4.90 Å². The highest BCUT2D eigenvalue weighted by molar-refractivity contribution is 6.01. The lowest BCUT2D eigenvalue weighted by Crippen LogP contribution is -2.41. The van der Waals surface area contributed by atoms with Crippen molar-refractivity contribution in [3.05, 3.63) is 35.9 Å². The Morgan fingerprint density at radius 2 is 1.70 bits per heavy atom. The Bertz CT molecular complexity index is 486. The summed E-state index contributed by atoms with van der Waals surface area (Å²) in [6.45, 7) is 0.117. The lowest BCUT2D eigenvalue weighted by molar-refractivity contribution is -0.138. The first kappa shape index (κ1) is 15.8. The van der Waals surface area contributed by atoms with Gasteiger partial charge < -0.3 is 10.2 Å². The Labute approximate surface area is 116 Å². The summed E-state index contributed by atoms with van der Waals surface area (Å²) in [5.41, 5.74) is 0.418. The largest absolute Gasteiger partial charge is 0.481 e. The molecule has 0 amide bonds. The molecular formula is C14H17NO5. The minimum atomic E-state index is -1.10. The molecule has 0 aliphatic carbocycles. The third-order valence-electron chi connectivity index (χ3n) is 2.94. The number of hydrogen-bond acceptors (Lipinski definition) is 4. The smallest absolute Gasteiger partial charge is 0.305 e. The van der Waals surface area contributed by atoms with Gasteiger partial charge in [0, 0.05) is 12.1 Å². The average molecular weight is 279 g/mol. The number of carbonyl (C=O) groups is 3. The maximum atomic E-state index is 12.3. The van der Waals surface area contributed by atoms with Crippen LogP contribution in [0.5, 0.6) is 0 Å². The average Bonchev–Trinajstić information content (AvgIpc) is 2.42. The number of rotatable bonds is 8. The van der Waals surface area contributed by atoms with Crippen molar-refractivity contribution in [2.45, 2.75) is 18.9 Å². The molecule has 0 aliphatic rings. The molecule has 1 unspecified atom stereocenters. The van der Waals surface area contributed by atoms with Gasteiger partial charge in [0.2, 0.25) is 0 Å². The van der Waals surface area contributed by atoms with Crippen molar-refractivity contribution in [3.63, 3.8) is 0 Å². The Kier molecular flexibility index (Phi) is 5.86. The maximum Gasteiger partial charge on any atom is 0.305 e. The quantitative estimate of drug-likeness (QED) is 0.692. The summed E-state index contributed by atoms with van der Waals surface area (Å²) in [5.74, 6) is -2.40. The zero-order valence-electron chi connectivity index (χ0n) is 11.2. The molecule has 0 heterocycles. The predicted molar refractivity (Wildman–Crippen MR) is 71.7 cm³/mol. The van der Waals surface area contributed by atoms with E-state index in [0.717, 1.165) is 0 Å². The molecule has 0 radical (unpaired) electrons. The summed E-state index contributed by atoms with van der Waals surface area (Å²) in [4.78, 5) is 35.2. The van der Waals surface area contributed by atoms with Gasteiger partial charge >= 0.3 is 11.9 Å². The first-order valence-corrected chi connectivity index (χ1v) is 6.15. The second-order valence-corrected chi connectivity index (χ2v) is 4.47. The first-order valence-electron chi connectivity index (χ1n) is 6.15. The third-order valence-corrected chi connectivity index (χ3v) is 2.94. The van der Waals surface area contributed by atoms with Crippen LogP contribution >= 0.6 is 0 Å². The number of ketones is 1. The first-order chi connectivity index (χ1) is 9.41. The number of hydrogen-bond donors (Lipinski definition) is 2. The fraction of sp³-hybridized carbons (Fsp3) is 0.357. The van der Waals surface area contributed by atoms with Crippen LogP contribution in [0.1, 0.15) is 23.2 Å². The number of carbonyl (C=O) groups excluding carboxylic acids is 1. The molecule has 6 heteroatoms. The van der Waals surface area contributed by atoms with E-state index in [2.05, 4.69) is 0 Å². The summed E-state index contributed by atoms with van der Waals surface area (Å²) in [6.07, 6.45) is -0.501. The van der Waals surface area contributed by atoms with Crippen LogP contribution in [0.4, 0.5) is 0 Å². The van der Waals surface area contributed by atoms with Crippen LogP contribution in [-0.4, -0.2) is 52.5 Å². The number of nitrogens with zero attached hydrogens (tertiary/aromatic N) is 1. The van der Waals surface area contributed by atoms with E-state index in [1.807, 2.05) is 0 Å². The number of carboxylic acids is 2. The summed E-state index contributed by atoms with van der Waals surface area (Å²) in [6, 6.07) is 7.51. The molecule has 0 aromatic heterocycles. The zero-order chi connectivity index (χ0) is 15.1. The van der Waals surface area contributed by atoms with Gasteiger partial charge in [-0.05, 0) is 7.05 Å². The van der Waals surface area contributed by atoms with E-state index < -0.39 is 18.0 Å². The Morgan fingerprint density at radius 3 is 2.20 bits per heavy atom. The van der Waals surface area contributed by atoms with E-state index >= 15 is 0 Å². The number of benzene rings is 1. The van der Waals surface area contributed by atoms with Crippen LogP contribution < -0.4 is 0 Å². The Balaban J connectivity index is 2.85. The Morgan fingerprint density at radius 1 is 1.10 bits per heavy atom. The molecule has 20 heavy (non-hydrogen) atoms. The third kappa shape index (κ3) is 4.81. The van der Waals surface area contributed by atoms with Crippen LogP contribution in [-0.2, 0) is 9.59 Å². The molecule has 1 aromatic rings. The van der Waals surface area contributed by atoms with Gasteiger partial charge in [-0.3, -0.25) is 19.3 Å². The van der Waals surface area contributed by atoms with E-state index in [1.54, 1.807) is 37.4 Å². The molecule has 0 bridgehead atoms. The van der Waals surface area contributed by atoms with Gasteiger partial charge in [-0.25, -0.2) is 0 Å². The number of likely N-dealkylation sites (N-methyl/N-ethyl adjacent to an activating group) is 1. The highest BCUT2D eigenvalue weighted by atomic mass is 16.4. The molecule has 0 saturated carbocycles. The topological polar surface area (TPSA) is 94.9 Å². The fourth-order valence-corrected chi connectivity index (χ4v) is 1.84. The lowest BCUT2D eigenvalue weighted by Gasteiger charge is -2.25. The Hall–Kier alpha value is -2.21. The van der Waals surface area contributed by atoms with Crippen molar-refractivity contribution in [3.8, 4) is 0 Å². The second kappa shape index (κ2) is 7.40. The standard InChI is InChI=1S/C14H17NO5/c1-15(8-7-12(16)17)11(9-13(18)19)14(20)10-5-3-2-4-6-10/h2-6,11H,7-9H2,1H3,(H,16,17)(H,18,19). The molecule has 6 nitrogen and oxygen atoms in total. The van der Waals surface area contributed by atoms with Gasteiger partial charge in [0.15, 0.2) is 5.78 Å². The monoisotopic (exact) mass is 279 g/mol. The number of aliphatic carboxylic acids is 2. The molecule has 108 valence electrons. The van der Waals surface area contributed by atoms with E-state index in [-0.39, 0.29) is 25.2 Å². The number of carboxylic acid groups (broad SMARTS) is 2. The second-order valence-electron chi connectivity index (χ2n) is 4.47. The minimum absolute atomic E-state index is 0.117. The molecule has 2 N–H and O–H groups in total. The fourth-order valence-electron chi connectivity index (χ4n) is 1.84. The molecule has 1 rings (SSSR count). The van der Waals surface area contributed by atoms with Crippen LogP contribution in [0.2, 0.25) is 0 Å². The highest BCUT2D eigenvalue weighted by Gasteiger charge is 2.27. The summed E-state index contributed by atoms with van der Waals surface area (Å²) >= 11 is 0. The van der Waals surface area contributed by atoms with Crippen LogP contribution in [0, 0.1) is 0 Å². The van der Waals surface area contributed by atoms with Crippen molar-refractivity contribution in [1.29, 1.82) is 0 Å². The van der Waals surface area contributed by atoms with Gasteiger partial charge in [0.25, 0.3) is 0 Å². The van der Waals surface area contributed by atoms with E-state index in [4.69, 9.17) is 10.2 Å². The molecule has 0 fully saturated rings. The summed E-state index contributed by atoms with van der Waals surface area (Å²) in [7, 11) is 1.55. The highest BCUT2D eigenvalue weighted by Crippen LogP contribution is 2.12. The summed E-state index contributed by atoms with van der Waals surface area (Å²) in [5, 5.41) is 17.6. The van der Waals surface area contributed by atoms with Crippen LogP contribution in [0.15, 0.2) is 30.3 Å². The van der Waals surface area contributed by atoms with Gasteiger partial charge in [0.1, 0.15) is 0 Å². The SMILES string of the molecule is CN(CCC(=O)O)C(CC(=O)O)C(=O)c1ccccc1. The molecular weight excluding hydrogens is 262 g/mol. The van der Waals surface area contributed by atoms with Crippen LogP contribution in [0.25, 0.3) is 0 Å². The molecule has 0 aliphatic heterocycles. The van der Waals surface area contributed by atoms with Gasteiger partial charge in [0.05, 0.1) is 18.9 Å². The van der Waals surface area contributed by atoms with Gasteiger partial charge in [-0.15, -0.1) is 0 Å². The molecule has 1 atom stereocenters. The lowest BCUT2D eigenvalue weighted by atomic mass is 10.0. The van der Waals surface area contributed by atoms with Crippen LogP contribution in [0.3, 0.4) is 0 Å². The maximum absolute atomic E-state index is 12.3. The van der Waals surface area contributed by atoms with Gasteiger partial charge in [-0.1, -0.05) is 30.3 Å². The van der Waals surface area contributed by atoms with Crippen molar-refractivity contribution >= 4 is 17.7 Å². The molecule has 0 spiro atoms. The van der Waals surface area contributed by atoms with Gasteiger partial charge in [-0.2, -0.15) is 0 Å². The van der Waals surface area contributed by atoms with Crippen molar-refractivity contribution in [2.24, 2.45) is 0 Å². The number of Topliss-reactive ketones (excluding diaryl/α,β-unsaturated/α-hetero) is 1. The molecule has 1 aromatic carbocycles.